The second-order valence-corrected chi connectivity index (χ2v) is 5.30. The van der Waals surface area contributed by atoms with Crippen LogP contribution in [0.4, 0.5) is 4.39 Å². The van der Waals surface area contributed by atoms with Crippen LogP contribution in [-0.2, 0) is 6.42 Å². The number of furan rings is 1. The molecular formula is C16H19ClFNO. The Morgan fingerprint density at radius 1 is 1.30 bits per heavy atom. The Labute approximate surface area is 123 Å². The highest BCUT2D eigenvalue weighted by Gasteiger charge is 2.16. The zero-order valence-corrected chi connectivity index (χ0v) is 12.5. The molecule has 0 bridgehead atoms. The molecule has 1 aromatic heterocycles. The number of hydrogen-bond acceptors (Lipinski definition) is 2. The molecule has 2 aromatic rings. The standard InChI is InChI=1S/C16H19ClFNO/c1-3-8-19-15(16-7-4-11(2)20-16)9-12-5-6-13(18)10-14(12)17/h4-7,10,15,19H,3,8-9H2,1-2H3. The number of benzene rings is 1. The van der Waals surface area contributed by atoms with Crippen molar-refractivity contribution >= 4 is 11.6 Å². The van der Waals surface area contributed by atoms with Crippen LogP contribution in [0.1, 0.15) is 36.5 Å². The smallest absolute Gasteiger partial charge is 0.124 e. The lowest BCUT2D eigenvalue weighted by Gasteiger charge is -2.17. The topological polar surface area (TPSA) is 25.2 Å². The maximum absolute atomic E-state index is 13.1. The summed E-state index contributed by atoms with van der Waals surface area (Å²) in [6.45, 7) is 4.93. The van der Waals surface area contributed by atoms with Crippen LogP contribution < -0.4 is 5.32 Å². The molecule has 1 N–H and O–H groups in total. The second kappa shape index (κ2) is 6.91. The van der Waals surface area contributed by atoms with Gasteiger partial charge in [0.15, 0.2) is 0 Å². The fourth-order valence-electron chi connectivity index (χ4n) is 2.14. The molecule has 0 amide bonds. The van der Waals surface area contributed by atoms with E-state index in [2.05, 4.69) is 12.2 Å². The van der Waals surface area contributed by atoms with Crippen LogP contribution >= 0.6 is 11.6 Å². The molecule has 0 aliphatic rings. The lowest BCUT2D eigenvalue weighted by atomic mass is 10.0. The maximum atomic E-state index is 13.1. The summed E-state index contributed by atoms with van der Waals surface area (Å²) in [7, 11) is 0. The van der Waals surface area contributed by atoms with Crippen molar-refractivity contribution in [3.05, 3.63) is 58.3 Å². The van der Waals surface area contributed by atoms with Gasteiger partial charge in [-0.3, -0.25) is 0 Å². The van der Waals surface area contributed by atoms with Gasteiger partial charge in [0.05, 0.1) is 6.04 Å². The van der Waals surface area contributed by atoms with Crippen LogP contribution in [0, 0.1) is 12.7 Å². The van der Waals surface area contributed by atoms with Crippen molar-refractivity contribution in [1.82, 2.24) is 5.32 Å². The lowest BCUT2D eigenvalue weighted by molar-refractivity contribution is 0.398. The highest BCUT2D eigenvalue weighted by atomic mass is 35.5. The minimum Gasteiger partial charge on any atom is -0.465 e. The molecule has 1 atom stereocenters. The summed E-state index contributed by atoms with van der Waals surface area (Å²) in [6.07, 6.45) is 1.71. The van der Waals surface area contributed by atoms with Crippen molar-refractivity contribution in [3.63, 3.8) is 0 Å². The number of nitrogens with one attached hydrogen (secondary N) is 1. The third kappa shape index (κ3) is 3.84. The Bertz CT molecular complexity index is 567. The first kappa shape index (κ1) is 15.1. The van der Waals surface area contributed by atoms with E-state index in [0.29, 0.717) is 11.4 Å². The summed E-state index contributed by atoms with van der Waals surface area (Å²) in [5, 5.41) is 3.90. The van der Waals surface area contributed by atoms with Gasteiger partial charge in [-0.1, -0.05) is 24.6 Å². The summed E-state index contributed by atoms with van der Waals surface area (Å²) in [5.41, 5.74) is 0.913. The minimum atomic E-state index is -0.314. The van der Waals surface area contributed by atoms with Gasteiger partial charge in [0.25, 0.3) is 0 Å². The van der Waals surface area contributed by atoms with Crippen LogP contribution in [0.2, 0.25) is 5.02 Å². The number of halogens is 2. The summed E-state index contributed by atoms with van der Waals surface area (Å²) in [5.74, 6) is 1.45. The van der Waals surface area contributed by atoms with E-state index >= 15 is 0 Å². The van der Waals surface area contributed by atoms with E-state index in [4.69, 9.17) is 16.0 Å². The largest absolute Gasteiger partial charge is 0.465 e. The van der Waals surface area contributed by atoms with Gasteiger partial charge < -0.3 is 9.73 Å². The van der Waals surface area contributed by atoms with Crippen LogP contribution in [0.25, 0.3) is 0 Å². The van der Waals surface area contributed by atoms with Crippen molar-refractivity contribution in [3.8, 4) is 0 Å². The van der Waals surface area contributed by atoms with Crippen molar-refractivity contribution in [2.24, 2.45) is 0 Å². The first-order valence-electron chi connectivity index (χ1n) is 6.83. The number of hydrogen-bond donors (Lipinski definition) is 1. The molecule has 0 saturated heterocycles. The predicted molar refractivity (Wildman–Crippen MR) is 79.6 cm³/mol. The molecule has 0 saturated carbocycles. The van der Waals surface area contributed by atoms with E-state index in [9.17, 15) is 4.39 Å². The number of rotatable bonds is 6. The molecular weight excluding hydrogens is 277 g/mol. The van der Waals surface area contributed by atoms with E-state index in [1.165, 1.54) is 12.1 Å². The van der Waals surface area contributed by atoms with Crippen LogP contribution in [0.3, 0.4) is 0 Å². The maximum Gasteiger partial charge on any atom is 0.124 e. The third-order valence-electron chi connectivity index (χ3n) is 3.18. The van der Waals surface area contributed by atoms with E-state index in [1.54, 1.807) is 6.07 Å². The van der Waals surface area contributed by atoms with Gasteiger partial charge in [-0.25, -0.2) is 4.39 Å². The molecule has 1 unspecified atom stereocenters. The third-order valence-corrected chi connectivity index (χ3v) is 3.54. The Morgan fingerprint density at radius 3 is 2.70 bits per heavy atom. The molecule has 0 aliphatic heterocycles. The van der Waals surface area contributed by atoms with Crippen molar-refractivity contribution in [2.45, 2.75) is 32.7 Å². The van der Waals surface area contributed by atoms with Crippen molar-refractivity contribution in [2.75, 3.05) is 6.54 Å². The Balaban J connectivity index is 2.18. The summed E-state index contributed by atoms with van der Waals surface area (Å²) in [6, 6.07) is 8.48. The molecule has 4 heteroatoms. The van der Waals surface area contributed by atoms with Crippen LogP contribution in [0.15, 0.2) is 34.7 Å². The summed E-state index contributed by atoms with van der Waals surface area (Å²) >= 11 is 6.10. The Hall–Kier alpha value is -1.32. The molecule has 0 fully saturated rings. The van der Waals surface area contributed by atoms with E-state index in [0.717, 1.165) is 30.0 Å². The van der Waals surface area contributed by atoms with E-state index in [1.807, 2.05) is 19.1 Å². The zero-order valence-electron chi connectivity index (χ0n) is 11.7. The van der Waals surface area contributed by atoms with Gasteiger partial charge in [0.1, 0.15) is 17.3 Å². The highest BCUT2D eigenvalue weighted by molar-refractivity contribution is 6.31. The summed E-state index contributed by atoms with van der Waals surface area (Å²) in [4.78, 5) is 0. The molecule has 108 valence electrons. The zero-order chi connectivity index (χ0) is 14.5. The van der Waals surface area contributed by atoms with Gasteiger partial charge in [0.2, 0.25) is 0 Å². The average Bonchev–Trinajstić information content (AvgIpc) is 2.83. The first-order chi connectivity index (χ1) is 9.60. The SMILES string of the molecule is CCCNC(Cc1ccc(F)cc1Cl)c1ccc(C)o1. The molecule has 20 heavy (non-hydrogen) atoms. The second-order valence-electron chi connectivity index (χ2n) is 4.89. The molecule has 2 nitrogen and oxygen atoms in total. The Morgan fingerprint density at radius 2 is 2.10 bits per heavy atom. The molecule has 0 radical (unpaired) electrons. The molecule has 2 rings (SSSR count). The Kier molecular flexibility index (Phi) is 5.21. The van der Waals surface area contributed by atoms with Crippen LogP contribution in [-0.4, -0.2) is 6.54 Å². The van der Waals surface area contributed by atoms with Crippen molar-refractivity contribution < 1.29 is 8.81 Å². The van der Waals surface area contributed by atoms with Gasteiger partial charge in [-0.2, -0.15) is 0 Å². The van der Waals surface area contributed by atoms with E-state index < -0.39 is 0 Å². The normalized spacial score (nSPS) is 12.6. The minimum absolute atomic E-state index is 0.0478. The molecule has 0 aliphatic carbocycles. The van der Waals surface area contributed by atoms with E-state index in [-0.39, 0.29) is 11.9 Å². The van der Waals surface area contributed by atoms with Gasteiger partial charge in [-0.15, -0.1) is 0 Å². The highest BCUT2D eigenvalue weighted by Crippen LogP contribution is 2.25. The predicted octanol–water partition coefficient (Wildman–Crippen LogP) is 4.66. The van der Waals surface area contributed by atoms with Crippen LogP contribution in [0.5, 0.6) is 0 Å². The number of aryl methyl sites for hydroxylation is 1. The molecule has 1 aromatic carbocycles. The fraction of sp³-hybridized carbons (Fsp3) is 0.375. The quantitative estimate of drug-likeness (QED) is 0.838. The van der Waals surface area contributed by atoms with Gasteiger partial charge >= 0.3 is 0 Å². The van der Waals surface area contributed by atoms with Gasteiger partial charge in [-0.05, 0) is 56.1 Å². The average molecular weight is 296 g/mol. The summed E-state index contributed by atoms with van der Waals surface area (Å²) < 4.78 is 18.8. The van der Waals surface area contributed by atoms with Crippen molar-refractivity contribution in [1.29, 1.82) is 0 Å². The first-order valence-corrected chi connectivity index (χ1v) is 7.21. The monoisotopic (exact) mass is 295 g/mol. The van der Waals surface area contributed by atoms with Gasteiger partial charge in [0, 0.05) is 5.02 Å². The molecule has 0 spiro atoms. The lowest BCUT2D eigenvalue weighted by Crippen LogP contribution is -2.23. The molecule has 1 heterocycles. The fourth-order valence-corrected chi connectivity index (χ4v) is 2.38.